The molecule has 0 fully saturated rings. The van der Waals surface area contributed by atoms with Crippen LogP contribution in [0.3, 0.4) is 0 Å². The minimum Gasteiger partial charge on any atom is -0.308 e. The molecule has 0 spiro atoms. The molecule has 0 saturated heterocycles. The second-order valence-electron chi connectivity index (χ2n) is 2.64. The van der Waals surface area contributed by atoms with Gasteiger partial charge in [0.15, 0.2) is 0 Å². The highest BCUT2D eigenvalue weighted by atomic mass is 16.1. The van der Waals surface area contributed by atoms with Gasteiger partial charge in [0.1, 0.15) is 6.33 Å². The molecule has 0 aliphatic heterocycles. The largest absolute Gasteiger partial charge is 0.308 e. The van der Waals surface area contributed by atoms with E-state index < -0.39 is 0 Å². The van der Waals surface area contributed by atoms with Crippen LogP contribution in [0.25, 0.3) is 5.69 Å². The standard InChI is InChI=1S/C10H8N2O/c13-10-6-7-12(8-11-10)9-4-2-1-3-5-9/h1-8H. The van der Waals surface area contributed by atoms with Crippen molar-refractivity contribution >= 4 is 0 Å². The Labute approximate surface area is 75.3 Å². The lowest BCUT2D eigenvalue weighted by Gasteiger charge is -2.02. The Bertz CT molecular complexity index is 427. The first-order chi connectivity index (χ1) is 6.36. The van der Waals surface area contributed by atoms with Crippen molar-refractivity contribution in [1.82, 2.24) is 9.55 Å². The van der Waals surface area contributed by atoms with Crippen molar-refractivity contribution in [3.63, 3.8) is 0 Å². The van der Waals surface area contributed by atoms with Gasteiger partial charge in [-0.2, -0.15) is 4.98 Å². The molecule has 0 unspecified atom stereocenters. The number of hydrogen-bond acceptors (Lipinski definition) is 2. The molecule has 0 aliphatic rings. The summed E-state index contributed by atoms with van der Waals surface area (Å²) in [5, 5.41) is 0. The van der Waals surface area contributed by atoms with E-state index in [1.807, 2.05) is 30.3 Å². The minimum atomic E-state index is -0.216. The molecule has 0 atom stereocenters. The molecule has 13 heavy (non-hydrogen) atoms. The summed E-state index contributed by atoms with van der Waals surface area (Å²) in [6.07, 6.45) is 3.21. The van der Waals surface area contributed by atoms with Gasteiger partial charge in [-0.25, -0.2) is 0 Å². The Balaban J connectivity index is 2.48. The Morgan fingerprint density at radius 1 is 1.08 bits per heavy atom. The van der Waals surface area contributed by atoms with E-state index in [0.717, 1.165) is 5.69 Å². The first kappa shape index (κ1) is 7.73. The summed E-state index contributed by atoms with van der Waals surface area (Å²) in [5.41, 5.74) is 0.780. The van der Waals surface area contributed by atoms with Crippen LogP contribution in [0.5, 0.6) is 0 Å². The number of aromatic nitrogens is 2. The highest BCUT2D eigenvalue weighted by molar-refractivity contribution is 5.30. The van der Waals surface area contributed by atoms with Crippen LogP contribution in [-0.4, -0.2) is 9.55 Å². The first-order valence-corrected chi connectivity index (χ1v) is 3.96. The molecule has 1 aromatic heterocycles. The maximum absolute atomic E-state index is 10.7. The third kappa shape index (κ3) is 1.64. The van der Waals surface area contributed by atoms with Gasteiger partial charge in [-0.3, -0.25) is 4.79 Å². The Hall–Kier alpha value is -1.90. The summed E-state index contributed by atoms with van der Waals surface area (Å²) in [7, 11) is 0. The van der Waals surface area contributed by atoms with Crippen molar-refractivity contribution < 1.29 is 0 Å². The molecule has 0 saturated carbocycles. The van der Waals surface area contributed by atoms with Gasteiger partial charge in [-0.1, -0.05) is 18.2 Å². The lowest BCUT2D eigenvalue weighted by Crippen LogP contribution is -2.06. The summed E-state index contributed by atoms with van der Waals surface area (Å²) in [5.74, 6) is 0. The van der Waals surface area contributed by atoms with Crippen LogP contribution in [0, 0.1) is 0 Å². The zero-order valence-corrected chi connectivity index (χ0v) is 6.92. The molecule has 0 amide bonds. The van der Waals surface area contributed by atoms with Crippen molar-refractivity contribution in [1.29, 1.82) is 0 Å². The number of hydrogen-bond donors (Lipinski definition) is 0. The van der Waals surface area contributed by atoms with Crippen molar-refractivity contribution in [2.75, 3.05) is 0 Å². The van der Waals surface area contributed by atoms with Gasteiger partial charge < -0.3 is 4.57 Å². The fraction of sp³-hybridized carbons (Fsp3) is 0. The molecule has 0 radical (unpaired) electrons. The Kier molecular flexibility index (Phi) is 1.92. The van der Waals surface area contributed by atoms with Gasteiger partial charge in [0.25, 0.3) is 5.56 Å². The van der Waals surface area contributed by atoms with Crippen molar-refractivity contribution in [3.8, 4) is 5.69 Å². The first-order valence-electron chi connectivity index (χ1n) is 3.96. The highest BCUT2D eigenvalue weighted by Gasteiger charge is 1.91. The van der Waals surface area contributed by atoms with E-state index in [2.05, 4.69) is 4.98 Å². The number of rotatable bonds is 1. The van der Waals surface area contributed by atoms with E-state index in [0.29, 0.717) is 0 Å². The molecule has 3 heteroatoms. The SMILES string of the molecule is O=c1ccn(-c2ccccc2)cn1. The van der Waals surface area contributed by atoms with Crippen LogP contribution >= 0.6 is 0 Å². The smallest absolute Gasteiger partial charge is 0.272 e. The van der Waals surface area contributed by atoms with Crippen LogP contribution in [0.4, 0.5) is 0 Å². The quantitative estimate of drug-likeness (QED) is 0.648. The van der Waals surface area contributed by atoms with Crippen LogP contribution in [-0.2, 0) is 0 Å². The maximum Gasteiger partial charge on any atom is 0.272 e. The van der Waals surface area contributed by atoms with E-state index >= 15 is 0 Å². The number of benzene rings is 1. The second-order valence-corrected chi connectivity index (χ2v) is 2.64. The van der Waals surface area contributed by atoms with Crippen LogP contribution in [0.2, 0.25) is 0 Å². The summed E-state index contributed by atoms with van der Waals surface area (Å²) >= 11 is 0. The van der Waals surface area contributed by atoms with Crippen LogP contribution in [0.15, 0.2) is 53.7 Å². The molecule has 2 aromatic rings. The predicted molar refractivity (Wildman–Crippen MR) is 49.8 cm³/mol. The topological polar surface area (TPSA) is 34.9 Å². The lowest BCUT2D eigenvalue weighted by molar-refractivity contribution is 0.962. The zero-order chi connectivity index (χ0) is 9.10. The zero-order valence-electron chi connectivity index (χ0n) is 6.92. The average molecular weight is 172 g/mol. The fourth-order valence-electron chi connectivity index (χ4n) is 1.10. The van der Waals surface area contributed by atoms with Gasteiger partial charge in [0, 0.05) is 18.0 Å². The highest BCUT2D eigenvalue weighted by Crippen LogP contribution is 2.03. The van der Waals surface area contributed by atoms with Gasteiger partial charge in [-0.05, 0) is 12.1 Å². The molecule has 64 valence electrons. The van der Waals surface area contributed by atoms with E-state index in [1.165, 1.54) is 12.4 Å². The normalized spacial score (nSPS) is 9.85. The van der Waals surface area contributed by atoms with E-state index in [4.69, 9.17) is 0 Å². The molecule has 0 bridgehead atoms. The third-order valence-electron chi connectivity index (χ3n) is 1.74. The fourth-order valence-corrected chi connectivity index (χ4v) is 1.10. The summed E-state index contributed by atoms with van der Waals surface area (Å²) in [4.78, 5) is 14.4. The predicted octanol–water partition coefficient (Wildman–Crippen LogP) is 1.23. The van der Waals surface area contributed by atoms with Gasteiger partial charge >= 0.3 is 0 Å². The molecule has 1 heterocycles. The van der Waals surface area contributed by atoms with Gasteiger partial charge in [-0.15, -0.1) is 0 Å². The summed E-state index contributed by atoms with van der Waals surface area (Å²) < 4.78 is 1.79. The van der Waals surface area contributed by atoms with Crippen molar-refractivity contribution in [2.45, 2.75) is 0 Å². The summed E-state index contributed by atoms with van der Waals surface area (Å²) in [6, 6.07) is 11.2. The monoisotopic (exact) mass is 172 g/mol. The molecular weight excluding hydrogens is 164 g/mol. The minimum absolute atomic E-state index is 0.216. The average Bonchev–Trinajstić information content (AvgIpc) is 2.20. The van der Waals surface area contributed by atoms with Crippen molar-refractivity contribution in [3.05, 3.63) is 59.3 Å². The second kappa shape index (κ2) is 3.23. The lowest BCUT2D eigenvalue weighted by atomic mass is 10.3. The van der Waals surface area contributed by atoms with Crippen LogP contribution in [0.1, 0.15) is 0 Å². The summed E-state index contributed by atoms with van der Waals surface area (Å²) in [6.45, 7) is 0. The Morgan fingerprint density at radius 2 is 1.85 bits per heavy atom. The van der Waals surface area contributed by atoms with Gasteiger partial charge in [0.05, 0.1) is 0 Å². The molecule has 0 N–H and O–H groups in total. The molecule has 3 nitrogen and oxygen atoms in total. The van der Waals surface area contributed by atoms with E-state index in [1.54, 1.807) is 10.8 Å². The van der Waals surface area contributed by atoms with E-state index in [9.17, 15) is 4.79 Å². The van der Waals surface area contributed by atoms with Gasteiger partial charge in [0.2, 0.25) is 0 Å². The van der Waals surface area contributed by atoms with Crippen molar-refractivity contribution in [2.24, 2.45) is 0 Å². The number of nitrogens with zero attached hydrogens (tertiary/aromatic N) is 2. The molecule has 2 rings (SSSR count). The van der Waals surface area contributed by atoms with E-state index in [-0.39, 0.29) is 5.56 Å². The number of para-hydroxylation sites is 1. The Morgan fingerprint density at radius 3 is 2.46 bits per heavy atom. The maximum atomic E-state index is 10.7. The molecular formula is C10H8N2O. The van der Waals surface area contributed by atoms with Crippen LogP contribution < -0.4 is 5.56 Å². The third-order valence-corrected chi connectivity index (χ3v) is 1.74. The molecule has 1 aromatic carbocycles. The molecule has 0 aliphatic carbocycles.